The van der Waals surface area contributed by atoms with Gasteiger partial charge in [0.1, 0.15) is 10.7 Å². The van der Waals surface area contributed by atoms with E-state index in [0.29, 0.717) is 17.8 Å². The third-order valence-electron chi connectivity index (χ3n) is 3.72. The molecule has 0 aliphatic carbocycles. The number of rotatable bonds is 5. The van der Waals surface area contributed by atoms with E-state index in [1.807, 2.05) is 0 Å². The number of aromatic amines is 1. The van der Waals surface area contributed by atoms with Gasteiger partial charge in [0.15, 0.2) is 0 Å². The fourth-order valence-electron chi connectivity index (χ4n) is 2.52. The van der Waals surface area contributed by atoms with E-state index < -0.39 is 15.1 Å². The molecule has 0 aliphatic rings. The van der Waals surface area contributed by atoms with Gasteiger partial charge in [-0.2, -0.15) is 10.1 Å². The number of nitrogens with zero attached hydrogens (tertiary/aromatic N) is 4. The summed E-state index contributed by atoms with van der Waals surface area (Å²) in [6, 6.07) is 4.94. The zero-order chi connectivity index (χ0) is 19.9. The van der Waals surface area contributed by atoms with Crippen molar-refractivity contribution in [3.05, 3.63) is 54.0 Å². The molecule has 0 atom stereocenters. The number of anilines is 3. The molecule has 0 unspecified atom stereocenters. The van der Waals surface area contributed by atoms with Crippen molar-refractivity contribution < 1.29 is 19.4 Å². The van der Waals surface area contributed by atoms with Crippen LogP contribution in [-0.2, 0) is 6.54 Å². The lowest BCUT2D eigenvalue weighted by Gasteiger charge is -2.41. The highest BCUT2D eigenvalue weighted by atomic mass is 32.5. The highest BCUT2D eigenvalue weighted by Crippen LogP contribution is 3.02. The molecule has 3 rings (SSSR count). The van der Waals surface area contributed by atoms with Crippen molar-refractivity contribution in [1.29, 1.82) is 0 Å². The van der Waals surface area contributed by atoms with Crippen molar-refractivity contribution in [2.75, 3.05) is 10.6 Å². The Morgan fingerprint density at radius 3 is 2.41 bits per heavy atom. The molecule has 0 radical (unpaired) electrons. The van der Waals surface area contributed by atoms with Gasteiger partial charge in [-0.05, 0) is 42.8 Å². The number of halogens is 5. The van der Waals surface area contributed by atoms with Gasteiger partial charge in [-0.15, -0.1) is 0 Å². The molecule has 0 bridgehead atoms. The van der Waals surface area contributed by atoms with Crippen LogP contribution < -0.4 is 10.6 Å². The molecular formula is C15H15F5N6S. The first-order valence-electron chi connectivity index (χ1n) is 7.53. The van der Waals surface area contributed by atoms with Crippen LogP contribution in [0.15, 0.2) is 47.6 Å². The lowest BCUT2D eigenvalue weighted by molar-refractivity contribution is 0.364. The minimum Gasteiger partial charge on any atom is -0.368 e. The number of benzene rings is 1. The summed E-state index contributed by atoms with van der Waals surface area (Å²) < 4.78 is 65.4. The Bertz CT molecular complexity index is 975. The highest BCUT2D eigenvalue weighted by molar-refractivity contribution is 8.45. The van der Waals surface area contributed by atoms with Crippen molar-refractivity contribution >= 4 is 27.7 Å². The van der Waals surface area contributed by atoms with Gasteiger partial charge in [-0.25, -0.2) is 4.98 Å². The van der Waals surface area contributed by atoms with E-state index in [1.54, 1.807) is 12.3 Å². The van der Waals surface area contributed by atoms with Crippen LogP contribution in [0.25, 0.3) is 0 Å². The average Bonchev–Trinajstić information content (AvgIpc) is 3.04. The molecule has 0 spiro atoms. The van der Waals surface area contributed by atoms with E-state index in [9.17, 15) is 19.4 Å². The maximum Gasteiger partial charge on any atom is 0.310 e. The van der Waals surface area contributed by atoms with Crippen LogP contribution in [0.2, 0.25) is 0 Å². The molecule has 0 saturated carbocycles. The van der Waals surface area contributed by atoms with E-state index in [-0.39, 0.29) is 29.6 Å². The average molecular weight is 406 g/mol. The van der Waals surface area contributed by atoms with Crippen LogP contribution in [0.3, 0.4) is 0 Å². The molecule has 2 heterocycles. The van der Waals surface area contributed by atoms with Crippen molar-refractivity contribution in [3.8, 4) is 0 Å². The molecule has 146 valence electrons. The van der Waals surface area contributed by atoms with Crippen LogP contribution in [0.5, 0.6) is 0 Å². The maximum atomic E-state index is 13.1. The van der Waals surface area contributed by atoms with Crippen molar-refractivity contribution in [2.24, 2.45) is 0 Å². The summed E-state index contributed by atoms with van der Waals surface area (Å²) in [7, 11) is -9.77. The molecule has 0 saturated heterocycles. The van der Waals surface area contributed by atoms with Crippen LogP contribution in [0.1, 0.15) is 11.3 Å². The van der Waals surface area contributed by atoms with E-state index in [2.05, 4.69) is 20.2 Å². The van der Waals surface area contributed by atoms with Gasteiger partial charge >= 0.3 is 10.2 Å². The third-order valence-corrected chi connectivity index (χ3v) is 4.86. The predicted octanol–water partition coefficient (Wildman–Crippen LogP) is 5.09. The second kappa shape index (κ2) is 5.55. The smallest absolute Gasteiger partial charge is 0.310 e. The molecule has 0 amide bonds. The van der Waals surface area contributed by atoms with Crippen molar-refractivity contribution in [3.63, 3.8) is 0 Å². The highest BCUT2D eigenvalue weighted by Gasteiger charge is 2.65. The molecular weight excluding hydrogens is 391 g/mol. The summed E-state index contributed by atoms with van der Waals surface area (Å²) >= 11 is 0. The topological polar surface area (TPSA) is 83.7 Å². The third kappa shape index (κ3) is 4.27. The molecule has 12 heteroatoms. The summed E-state index contributed by atoms with van der Waals surface area (Å²) in [5, 5.41) is 6.63. The Kier molecular flexibility index (Phi) is 3.88. The fourth-order valence-corrected chi connectivity index (χ4v) is 3.24. The molecule has 3 N–H and O–H groups in total. The predicted molar refractivity (Wildman–Crippen MR) is 93.5 cm³/mol. The normalized spacial score (nSPS) is 14.4. The van der Waals surface area contributed by atoms with Gasteiger partial charge in [0.25, 0.3) is 0 Å². The summed E-state index contributed by atoms with van der Waals surface area (Å²) in [5.74, 6) is 0.245. The molecule has 2 aromatic heterocycles. The standard InChI is InChI=1S/C15H15F5N6S/c1-10-8-12(27(16,17,18,19)20)2-3-13(10)26(9-11-4-7-23-25-11)14-5-6-22-15(21)24-14/h2-8H,9H2,1H3,(H,23,25)(H2,21,22,24). The molecule has 27 heavy (non-hydrogen) atoms. The number of aryl methyl sites for hydroxylation is 1. The number of hydrogen-bond acceptors (Lipinski definition) is 5. The number of H-pyrrole nitrogens is 1. The molecule has 0 fully saturated rings. The number of nitrogens with one attached hydrogen (secondary N) is 1. The minimum atomic E-state index is -9.77. The van der Waals surface area contributed by atoms with Gasteiger partial charge < -0.3 is 10.6 Å². The zero-order valence-electron chi connectivity index (χ0n) is 13.9. The van der Waals surface area contributed by atoms with Gasteiger partial charge in [0.05, 0.1) is 12.2 Å². The summed E-state index contributed by atoms with van der Waals surface area (Å²) in [4.78, 5) is 7.40. The second-order valence-corrected chi connectivity index (χ2v) is 8.25. The second-order valence-electron chi connectivity index (χ2n) is 5.84. The molecule has 3 aromatic rings. The van der Waals surface area contributed by atoms with E-state index in [1.165, 1.54) is 24.1 Å². The van der Waals surface area contributed by atoms with Gasteiger partial charge in [-0.1, -0.05) is 19.4 Å². The summed E-state index contributed by atoms with van der Waals surface area (Å²) in [5.41, 5.74) is 6.39. The quantitative estimate of drug-likeness (QED) is 0.577. The molecule has 0 aliphatic heterocycles. The minimum absolute atomic E-state index is 0.00605. The van der Waals surface area contributed by atoms with Gasteiger partial charge in [0.2, 0.25) is 5.95 Å². The Morgan fingerprint density at radius 1 is 1.11 bits per heavy atom. The largest absolute Gasteiger partial charge is 0.368 e. The van der Waals surface area contributed by atoms with Crippen LogP contribution in [0, 0.1) is 6.92 Å². The van der Waals surface area contributed by atoms with E-state index in [4.69, 9.17) is 5.73 Å². The van der Waals surface area contributed by atoms with Crippen molar-refractivity contribution in [2.45, 2.75) is 18.4 Å². The lowest BCUT2D eigenvalue weighted by Crippen LogP contribution is -2.20. The monoisotopic (exact) mass is 406 g/mol. The van der Waals surface area contributed by atoms with Gasteiger partial charge in [0, 0.05) is 18.1 Å². The first-order chi connectivity index (χ1) is 12.3. The van der Waals surface area contributed by atoms with E-state index in [0.717, 1.165) is 6.07 Å². The first kappa shape index (κ1) is 18.9. The lowest BCUT2D eigenvalue weighted by atomic mass is 10.1. The van der Waals surface area contributed by atoms with E-state index >= 15 is 0 Å². The number of nitrogen functional groups attached to an aromatic ring is 1. The Morgan fingerprint density at radius 2 is 1.85 bits per heavy atom. The summed E-state index contributed by atoms with van der Waals surface area (Å²) in [6.45, 7) is 1.43. The van der Waals surface area contributed by atoms with Gasteiger partial charge in [-0.3, -0.25) is 5.10 Å². The van der Waals surface area contributed by atoms with Crippen LogP contribution in [0.4, 0.5) is 36.9 Å². The Labute approximate surface area is 151 Å². The van der Waals surface area contributed by atoms with Crippen LogP contribution >= 0.6 is 10.2 Å². The Balaban J connectivity index is 2.10. The van der Waals surface area contributed by atoms with Crippen molar-refractivity contribution in [1.82, 2.24) is 20.2 Å². The first-order valence-corrected chi connectivity index (χ1v) is 9.48. The Hall–Kier alpha value is -2.89. The van der Waals surface area contributed by atoms with Crippen LogP contribution in [-0.4, -0.2) is 20.2 Å². The maximum absolute atomic E-state index is 13.1. The number of nitrogens with two attached hydrogens (primary N) is 1. The SMILES string of the molecule is Cc1cc(S(F)(F)(F)(F)F)ccc1N(Cc1cc[nH]n1)c1ccnc(N)n1. The molecule has 1 aromatic carbocycles. The molecule has 6 nitrogen and oxygen atoms in total. The summed E-state index contributed by atoms with van der Waals surface area (Å²) in [6.07, 6.45) is 2.96. The zero-order valence-corrected chi connectivity index (χ0v) is 14.7. The fraction of sp³-hybridized carbons (Fsp3) is 0.133. The number of hydrogen-bond donors (Lipinski definition) is 2. The number of aromatic nitrogens is 4.